The number of pyridine rings is 1. The first kappa shape index (κ1) is 19.5. The molecule has 0 radical (unpaired) electrons. The molecule has 1 aliphatic heterocycles. The van der Waals surface area contributed by atoms with Crippen molar-refractivity contribution in [1.29, 1.82) is 0 Å². The van der Waals surface area contributed by atoms with Crippen LogP contribution in [-0.4, -0.2) is 67.3 Å². The van der Waals surface area contributed by atoms with Crippen LogP contribution in [0.2, 0.25) is 0 Å². The zero-order chi connectivity index (χ0) is 21.4. The maximum atomic E-state index is 13.2. The number of tetrazole rings is 1. The molecule has 0 saturated heterocycles. The second-order valence-electron chi connectivity index (χ2n) is 6.89. The number of anilines is 1. The van der Waals surface area contributed by atoms with Crippen molar-refractivity contribution in [2.24, 2.45) is 0 Å². The van der Waals surface area contributed by atoms with Gasteiger partial charge >= 0.3 is 0 Å². The van der Waals surface area contributed by atoms with Gasteiger partial charge in [-0.05, 0) is 36.4 Å². The van der Waals surface area contributed by atoms with Crippen LogP contribution in [0.15, 0.2) is 34.1 Å². The van der Waals surface area contributed by atoms with Gasteiger partial charge in [-0.3, -0.25) is 4.79 Å². The number of hydrogen-bond donors (Lipinski definition) is 0. The van der Waals surface area contributed by atoms with Gasteiger partial charge in [0.05, 0.1) is 25.3 Å². The number of ether oxygens (including phenoxy) is 1. The van der Waals surface area contributed by atoms with Gasteiger partial charge in [0, 0.05) is 26.0 Å². The maximum Gasteiger partial charge on any atom is 0.263 e. The van der Waals surface area contributed by atoms with E-state index < -0.39 is 0 Å². The zero-order valence-electron chi connectivity index (χ0n) is 17.3. The van der Waals surface area contributed by atoms with Crippen molar-refractivity contribution in [2.75, 3.05) is 26.1 Å². The van der Waals surface area contributed by atoms with Crippen molar-refractivity contribution >= 4 is 11.9 Å². The Morgan fingerprint density at radius 2 is 2.20 bits per heavy atom. The summed E-state index contributed by atoms with van der Waals surface area (Å²) >= 11 is 0. The molecule has 0 saturated carbocycles. The third-order valence-electron chi connectivity index (χ3n) is 5.07. The van der Waals surface area contributed by atoms with E-state index in [9.17, 15) is 4.79 Å². The van der Waals surface area contributed by atoms with Crippen LogP contribution in [0.4, 0.5) is 5.95 Å². The van der Waals surface area contributed by atoms with Crippen LogP contribution in [0.1, 0.15) is 25.7 Å². The van der Waals surface area contributed by atoms with E-state index in [0.29, 0.717) is 28.8 Å². The third-order valence-corrected chi connectivity index (χ3v) is 5.07. The molecule has 1 aliphatic rings. The first-order valence-electron chi connectivity index (χ1n) is 9.22. The van der Waals surface area contributed by atoms with Crippen molar-refractivity contribution in [2.45, 2.75) is 26.4 Å². The number of carbonyl (C=O) groups is 1. The number of carbonyl (C=O) groups excluding carboxylic acids is 1. The molecule has 12 heteroatoms. The highest BCUT2D eigenvalue weighted by molar-refractivity contribution is 5.95. The van der Waals surface area contributed by atoms with E-state index >= 15 is 0 Å². The third kappa shape index (κ3) is 3.15. The minimum Gasteiger partial charge on any atom is -0.480 e. The molecule has 4 rings (SSSR count). The van der Waals surface area contributed by atoms with Gasteiger partial charge in [0.25, 0.3) is 11.8 Å². The molecule has 3 aromatic heterocycles. The molecule has 0 aliphatic carbocycles. The molecule has 4 heterocycles. The number of likely N-dealkylation sites (N-methyl/N-ethyl adjacent to an activating group) is 1. The van der Waals surface area contributed by atoms with E-state index in [-0.39, 0.29) is 24.4 Å². The summed E-state index contributed by atoms with van der Waals surface area (Å²) in [6.45, 7) is 3.93. The summed E-state index contributed by atoms with van der Waals surface area (Å²) in [5.41, 5.74) is 1.97. The van der Waals surface area contributed by atoms with E-state index in [2.05, 4.69) is 30.7 Å². The Morgan fingerprint density at radius 1 is 1.40 bits per heavy atom. The summed E-state index contributed by atoms with van der Waals surface area (Å²) in [6, 6.07) is 3.22. The number of fused-ring (bicyclic) bond motifs is 1. The van der Waals surface area contributed by atoms with Gasteiger partial charge < -0.3 is 19.1 Å². The average molecular weight is 411 g/mol. The van der Waals surface area contributed by atoms with E-state index in [0.717, 1.165) is 5.70 Å². The number of nitrogens with zero attached hydrogens (tertiary/aromatic N) is 9. The van der Waals surface area contributed by atoms with Gasteiger partial charge in [0.1, 0.15) is 5.56 Å². The van der Waals surface area contributed by atoms with Gasteiger partial charge in [-0.25, -0.2) is 9.67 Å². The molecular formula is C18H21N9O3. The number of aromatic nitrogens is 7. The molecule has 30 heavy (non-hydrogen) atoms. The Kier molecular flexibility index (Phi) is 4.90. The van der Waals surface area contributed by atoms with Crippen molar-refractivity contribution < 1.29 is 14.1 Å². The van der Waals surface area contributed by atoms with Crippen molar-refractivity contribution in [3.05, 3.63) is 35.4 Å². The molecule has 156 valence electrons. The molecule has 1 atom stereocenters. The standard InChI is InChI=1S/C18H21N9O3/c1-10-14(11(2)27-18(26(10)4)21-23-24-27)17(28)25(3)9-13-20-16(30-22-13)12-7-6-8-19-15(12)29-5/h6-8,11H,9H2,1-5H3. The molecule has 12 nitrogen and oxygen atoms in total. The van der Waals surface area contributed by atoms with Crippen LogP contribution in [0.3, 0.4) is 0 Å². The first-order valence-corrected chi connectivity index (χ1v) is 9.22. The second kappa shape index (κ2) is 7.54. The summed E-state index contributed by atoms with van der Waals surface area (Å²) in [4.78, 5) is 25.1. The maximum absolute atomic E-state index is 13.2. The van der Waals surface area contributed by atoms with Crippen LogP contribution in [0.25, 0.3) is 11.5 Å². The summed E-state index contributed by atoms with van der Waals surface area (Å²) < 4.78 is 12.2. The van der Waals surface area contributed by atoms with Crippen LogP contribution >= 0.6 is 0 Å². The molecule has 1 amide bonds. The smallest absolute Gasteiger partial charge is 0.263 e. The van der Waals surface area contributed by atoms with Crippen LogP contribution in [-0.2, 0) is 11.3 Å². The average Bonchev–Trinajstić information content (AvgIpc) is 3.42. The Balaban J connectivity index is 1.55. The number of hydrogen-bond acceptors (Lipinski definition) is 10. The van der Waals surface area contributed by atoms with Crippen molar-refractivity contribution in [3.8, 4) is 17.3 Å². The Hall–Kier alpha value is -3.83. The molecule has 1 unspecified atom stereocenters. The van der Waals surface area contributed by atoms with E-state index in [4.69, 9.17) is 9.26 Å². The molecule has 0 spiro atoms. The lowest BCUT2D eigenvalue weighted by Gasteiger charge is -2.32. The van der Waals surface area contributed by atoms with Crippen molar-refractivity contribution in [1.82, 2.24) is 40.2 Å². The van der Waals surface area contributed by atoms with Crippen molar-refractivity contribution in [3.63, 3.8) is 0 Å². The molecule has 3 aromatic rings. The van der Waals surface area contributed by atoms with Gasteiger partial charge in [0.2, 0.25) is 11.8 Å². The Morgan fingerprint density at radius 3 is 2.97 bits per heavy atom. The van der Waals surface area contributed by atoms with Crippen LogP contribution < -0.4 is 9.64 Å². The lowest BCUT2D eigenvalue weighted by atomic mass is 10.0. The number of methoxy groups -OCH3 is 1. The zero-order valence-corrected chi connectivity index (χ0v) is 17.3. The second-order valence-corrected chi connectivity index (χ2v) is 6.89. The highest BCUT2D eigenvalue weighted by Gasteiger charge is 2.34. The lowest BCUT2D eigenvalue weighted by molar-refractivity contribution is -0.127. The highest BCUT2D eigenvalue weighted by Crippen LogP contribution is 2.33. The minimum atomic E-state index is -0.304. The lowest BCUT2D eigenvalue weighted by Crippen LogP contribution is -2.37. The summed E-state index contributed by atoms with van der Waals surface area (Å²) in [6.07, 6.45) is 1.61. The molecule has 0 N–H and O–H groups in total. The van der Waals surface area contributed by atoms with E-state index in [1.807, 2.05) is 20.9 Å². The summed E-state index contributed by atoms with van der Waals surface area (Å²) in [7, 11) is 5.03. The topological polar surface area (TPSA) is 128 Å². The minimum absolute atomic E-state index is 0.167. The molecule has 0 fully saturated rings. The summed E-state index contributed by atoms with van der Waals surface area (Å²) in [5.74, 6) is 1.44. The van der Waals surface area contributed by atoms with E-state index in [1.54, 1.807) is 35.0 Å². The number of allylic oxidation sites excluding steroid dienone is 1. The quantitative estimate of drug-likeness (QED) is 0.601. The largest absolute Gasteiger partial charge is 0.480 e. The number of amides is 1. The number of rotatable bonds is 5. The fourth-order valence-corrected chi connectivity index (χ4v) is 3.38. The highest BCUT2D eigenvalue weighted by atomic mass is 16.5. The normalized spacial score (nSPS) is 15.9. The summed E-state index contributed by atoms with van der Waals surface area (Å²) in [5, 5.41) is 15.7. The fourth-order valence-electron chi connectivity index (χ4n) is 3.38. The Bertz CT molecular complexity index is 1120. The van der Waals surface area contributed by atoms with E-state index in [1.165, 1.54) is 12.0 Å². The molecule has 0 aromatic carbocycles. The first-order chi connectivity index (χ1) is 14.4. The molecule has 0 bridgehead atoms. The SMILES string of the molecule is COc1ncccc1-c1nc(CN(C)C(=O)C2=C(C)N(C)c3nnnn3C2C)no1. The van der Waals surface area contributed by atoms with Gasteiger partial charge in [0.15, 0.2) is 5.82 Å². The van der Waals surface area contributed by atoms with Gasteiger partial charge in [-0.15, -0.1) is 0 Å². The van der Waals surface area contributed by atoms with Crippen LogP contribution in [0.5, 0.6) is 5.88 Å². The fraction of sp³-hybridized carbons (Fsp3) is 0.389. The Labute approximate surface area is 172 Å². The van der Waals surface area contributed by atoms with Gasteiger partial charge in [-0.1, -0.05) is 10.3 Å². The van der Waals surface area contributed by atoms with Crippen LogP contribution in [0, 0.1) is 0 Å². The predicted octanol–water partition coefficient (Wildman–Crippen LogP) is 1.07. The predicted molar refractivity (Wildman–Crippen MR) is 104 cm³/mol. The monoisotopic (exact) mass is 411 g/mol. The molecular weight excluding hydrogens is 390 g/mol. The van der Waals surface area contributed by atoms with Gasteiger partial charge in [-0.2, -0.15) is 4.98 Å².